The van der Waals surface area contributed by atoms with Gasteiger partial charge >= 0.3 is 6.01 Å². The van der Waals surface area contributed by atoms with E-state index in [-0.39, 0.29) is 0 Å². The molecule has 0 unspecified atom stereocenters. The fourth-order valence-electron chi connectivity index (χ4n) is 1.84. The maximum absolute atomic E-state index is 5.69. The van der Waals surface area contributed by atoms with Crippen LogP contribution in [0.5, 0.6) is 5.75 Å². The first kappa shape index (κ1) is 15.3. The average Bonchev–Trinajstić information content (AvgIpc) is 2.94. The highest BCUT2D eigenvalue weighted by Crippen LogP contribution is 2.13. The van der Waals surface area contributed by atoms with E-state index in [2.05, 4.69) is 22.4 Å². The lowest BCUT2D eigenvalue weighted by Crippen LogP contribution is -2.20. The number of aromatic nitrogens is 2. The molecule has 1 aromatic heterocycles. The number of nitrogens with zero attached hydrogens (tertiary/aromatic N) is 3. The van der Waals surface area contributed by atoms with E-state index >= 15 is 0 Å². The Balaban J connectivity index is 1.71. The van der Waals surface area contributed by atoms with Gasteiger partial charge in [-0.3, -0.25) is 0 Å². The summed E-state index contributed by atoms with van der Waals surface area (Å²) in [6, 6.07) is 8.60. The van der Waals surface area contributed by atoms with Crippen molar-refractivity contribution in [3.8, 4) is 5.75 Å². The molecule has 6 heteroatoms. The lowest BCUT2D eigenvalue weighted by atomic mass is 10.2. The third-order valence-electron chi connectivity index (χ3n) is 3.04. The highest BCUT2D eigenvalue weighted by atomic mass is 16.5. The number of anilines is 1. The van der Waals surface area contributed by atoms with Gasteiger partial charge in [-0.2, -0.15) is 0 Å². The van der Waals surface area contributed by atoms with E-state index in [9.17, 15) is 0 Å². The first-order valence-electron chi connectivity index (χ1n) is 7.06. The number of benzene rings is 1. The number of nitrogens with one attached hydrogen (secondary N) is 1. The minimum atomic E-state index is 0.538. The third-order valence-corrected chi connectivity index (χ3v) is 3.04. The van der Waals surface area contributed by atoms with Crippen molar-refractivity contribution in [1.82, 2.24) is 15.5 Å². The summed E-state index contributed by atoms with van der Waals surface area (Å²) in [4.78, 5) is 1.94. The van der Waals surface area contributed by atoms with Crippen LogP contribution in [0, 0.1) is 6.92 Å². The zero-order valence-electron chi connectivity index (χ0n) is 12.8. The first-order chi connectivity index (χ1) is 10.2. The average molecular weight is 290 g/mol. The van der Waals surface area contributed by atoms with E-state index in [1.165, 1.54) is 5.56 Å². The van der Waals surface area contributed by atoms with Gasteiger partial charge in [0.05, 0.1) is 13.2 Å². The predicted molar refractivity (Wildman–Crippen MR) is 81.6 cm³/mol. The normalized spacial score (nSPS) is 10.6. The topological polar surface area (TPSA) is 63.4 Å². The van der Waals surface area contributed by atoms with Crippen molar-refractivity contribution in [2.24, 2.45) is 0 Å². The SMILES string of the molecule is CNCc1nnc(N(C)CCCOc2ccc(C)cc2)o1. The van der Waals surface area contributed by atoms with E-state index in [1.807, 2.05) is 43.3 Å². The molecule has 0 amide bonds. The first-order valence-corrected chi connectivity index (χ1v) is 7.06. The molecule has 6 nitrogen and oxygen atoms in total. The van der Waals surface area contributed by atoms with Crippen molar-refractivity contribution in [3.63, 3.8) is 0 Å². The lowest BCUT2D eigenvalue weighted by molar-refractivity contribution is 0.311. The minimum absolute atomic E-state index is 0.538. The van der Waals surface area contributed by atoms with Crippen LogP contribution in [-0.4, -0.2) is 37.4 Å². The summed E-state index contributed by atoms with van der Waals surface area (Å²) in [5, 5.41) is 10.9. The Hall–Kier alpha value is -2.08. The van der Waals surface area contributed by atoms with Crippen molar-refractivity contribution in [1.29, 1.82) is 0 Å². The molecule has 2 aromatic rings. The van der Waals surface area contributed by atoms with E-state index in [4.69, 9.17) is 9.15 Å². The summed E-state index contributed by atoms with van der Waals surface area (Å²) >= 11 is 0. The molecule has 0 bridgehead atoms. The number of hydrogen-bond acceptors (Lipinski definition) is 6. The molecule has 1 N–H and O–H groups in total. The number of aryl methyl sites for hydroxylation is 1. The van der Waals surface area contributed by atoms with Crippen LogP contribution < -0.4 is 15.0 Å². The summed E-state index contributed by atoms with van der Waals surface area (Å²) in [5.41, 5.74) is 1.23. The van der Waals surface area contributed by atoms with Crippen LogP contribution in [0.4, 0.5) is 6.01 Å². The van der Waals surface area contributed by atoms with Crippen LogP contribution in [0.2, 0.25) is 0 Å². The van der Waals surface area contributed by atoms with Crippen LogP contribution in [0.1, 0.15) is 17.9 Å². The van der Waals surface area contributed by atoms with Crippen LogP contribution in [0.15, 0.2) is 28.7 Å². The summed E-state index contributed by atoms with van der Waals surface area (Å²) in [7, 11) is 3.78. The lowest BCUT2D eigenvalue weighted by Gasteiger charge is -2.14. The molecular formula is C15H22N4O2. The van der Waals surface area contributed by atoms with Crippen molar-refractivity contribution in [2.75, 3.05) is 32.1 Å². The molecular weight excluding hydrogens is 268 g/mol. The summed E-state index contributed by atoms with van der Waals surface area (Å²) < 4.78 is 11.2. The molecule has 0 radical (unpaired) electrons. The van der Waals surface area contributed by atoms with Gasteiger partial charge < -0.3 is 19.4 Å². The molecule has 1 aromatic carbocycles. The highest BCUT2D eigenvalue weighted by Gasteiger charge is 2.09. The molecule has 0 saturated carbocycles. The van der Waals surface area contributed by atoms with Gasteiger partial charge in [0.2, 0.25) is 5.89 Å². The van der Waals surface area contributed by atoms with Crippen LogP contribution in [-0.2, 0) is 6.54 Å². The second kappa shape index (κ2) is 7.64. The Morgan fingerprint density at radius 2 is 2.00 bits per heavy atom. The molecule has 1 heterocycles. The van der Waals surface area contributed by atoms with Crippen LogP contribution >= 0.6 is 0 Å². The molecule has 2 rings (SSSR count). The minimum Gasteiger partial charge on any atom is -0.494 e. The van der Waals surface area contributed by atoms with Gasteiger partial charge in [-0.05, 0) is 32.5 Å². The third kappa shape index (κ3) is 4.75. The van der Waals surface area contributed by atoms with Gasteiger partial charge in [0.15, 0.2) is 0 Å². The number of ether oxygens (including phenoxy) is 1. The maximum atomic E-state index is 5.69. The van der Waals surface area contributed by atoms with Gasteiger partial charge in [-0.25, -0.2) is 0 Å². The number of hydrogen-bond donors (Lipinski definition) is 1. The standard InChI is InChI=1S/C15H22N4O2/c1-12-5-7-13(8-6-12)20-10-4-9-19(3)15-18-17-14(21-15)11-16-2/h5-8,16H,4,9-11H2,1-3H3. The summed E-state index contributed by atoms with van der Waals surface area (Å²) in [6.45, 7) is 4.10. The monoisotopic (exact) mass is 290 g/mol. The molecule has 0 fully saturated rings. The van der Waals surface area contributed by atoms with E-state index in [1.54, 1.807) is 0 Å². The second-order valence-corrected chi connectivity index (χ2v) is 4.95. The smallest absolute Gasteiger partial charge is 0.317 e. The summed E-state index contributed by atoms with van der Waals surface area (Å²) in [6.07, 6.45) is 0.883. The van der Waals surface area contributed by atoms with Gasteiger partial charge in [0.25, 0.3) is 0 Å². The molecule has 0 aliphatic carbocycles. The van der Waals surface area contributed by atoms with Crippen molar-refractivity contribution < 1.29 is 9.15 Å². The molecule has 0 aliphatic rings. The Bertz CT molecular complexity index is 539. The Morgan fingerprint density at radius 3 is 2.71 bits per heavy atom. The van der Waals surface area contributed by atoms with E-state index < -0.39 is 0 Å². The van der Waals surface area contributed by atoms with Crippen molar-refractivity contribution in [3.05, 3.63) is 35.7 Å². The number of rotatable bonds is 8. The van der Waals surface area contributed by atoms with E-state index in [0.29, 0.717) is 25.1 Å². The van der Waals surface area contributed by atoms with Crippen molar-refractivity contribution >= 4 is 6.01 Å². The predicted octanol–water partition coefficient (Wildman–Crippen LogP) is 2.00. The Morgan fingerprint density at radius 1 is 1.24 bits per heavy atom. The van der Waals surface area contributed by atoms with Gasteiger partial charge in [-0.15, -0.1) is 5.10 Å². The quantitative estimate of drug-likeness (QED) is 0.750. The molecule has 0 atom stereocenters. The molecule has 0 saturated heterocycles. The van der Waals surface area contributed by atoms with Gasteiger partial charge in [0, 0.05) is 13.6 Å². The van der Waals surface area contributed by atoms with Gasteiger partial charge in [0.1, 0.15) is 5.75 Å². The van der Waals surface area contributed by atoms with Gasteiger partial charge in [-0.1, -0.05) is 22.8 Å². The Labute approximate surface area is 125 Å². The van der Waals surface area contributed by atoms with Crippen molar-refractivity contribution in [2.45, 2.75) is 19.9 Å². The zero-order valence-corrected chi connectivity index (χ0v) is 12.8. The van der Waals surface area contributed by atoms with Crippen LogP contribution in [0.3, 0.4) is 0 Å². The molecule has 0 spiro atoms. The van der Waals surface area contributed by atoms with E-state index in [0.717, 1.165) is 18.7 Å². The Kier molecular flexibility index (Phi) is 5.57. The maximum Gasteiger partial charge on any atom is 0.317 e. The zero-order chi connectivity index (χ0) is 15.1. The summed E-state index contributed by atoms with van der Waals surface area (Å²) in [5.74, 6) is 1.49. The molecule has 21 heavy (non-hydrogen) atoms. The fourth-order valence-corrected chi connectivity index (χ4v) is 1.84. The molecule has 0 aliphatic heterocycles. The van der Waals surface area contributed by atoms with Crippen LogP contribution in [0.25, 0.3) is 0 Å². The molecule has 114 valence electrons. The highest BCUT2D eigenvalue weighted by molar-refractivity contribution is 5.26. The largest absolute Gasteiger partial charge is 0.494 e. The fraction of sp³-hybridized carbons (Fsp3) is 0.467. The second-order valence-electron chi connectivity index (χ2n) is 4.95.